The average Bonchev–Trinajstić information content (AvgIpc) is 3.58. The summed E-state index contributed by atoms with van der Waals surface area (Å²) in [5.74, 6) is -0.754. The topological polar surface area (TPSA) is 86.7 Å². The molecule has 6 heteroatoms. The molecule has 448 valence electrons. The van der Waals surface area contributed by atoms with Crippen molar-refractivity contribution in [1.82, 2.24) is 0 Å². The number of hydrogen-bond acceptors (Lipinski definition) is 6. The Kier molecular flexibility index (Phi) is 37.4. The average molecular weight is 1120 g/mol. The van der Waals surface area contributed by atoms with Crippen LogP contribution < -0.4 is 0 Å². The fourth-order valence-corrected chi connectivity index (χ4v) is 9.97. The van der Waals surface area contributed by atoms with E-state index in [-0.39, 0.29) is 34.3 Å². The molecule has 0 N–H and O–H groups in total. The van der Waals surface area contributed by atoms with Crippen LogP contribution in [0, 0.1) is 10.8 Å². The van der Waals surface area contributed by atoms with Crippen molar-refractivity contribution < 1.29 is 28.7 Å². The lowest BCUT2D eigenvalue weighted by molar-refractivity contribution is -0.156. The van der Waals surface area contributed by atoms with Gasteiger partial charge in [-0.1, -0.05) is 260 Å². The monoisotopic (exact) mass is 1120 g/mol. The van der Waals surface area contributed by atoms with Crippen molar-refractivity contribution in [3.8, 4) is 0 Å². The molecule has 2 aliphatic carbocycles. The van der Waals surface area contributed by atoms with Gasteiger partial charge in [-0.05, 0) is 152 Å². The number of esters is 2. The third-order valence-corrected chi connectivity index (χ3v) is 14.9. The Morgan fingerprint density at radius 1 is 0.427 bits per heavy atom. The van der Waals surface area contributed by atoms with Gasteiger partial charge in [0, 0.05) is 25.7 Å². The molecule has 2 rings (SSSR count). The second kappa shape index (κ2) is 42.6. The Morgan fingerprint density at radius 2 is 0.732 bits per heavy atom. The molecular weight excluding hydrogens is 1010 g/mol. The van der Waals surface area contributed by atoms with Crippen LogP contribution in [-0.4, -0.2) is 35.7 Å². The molecule has 2 aliphatic rings. The Labute approximate surface area is 499 Å². The Hall–Kier alpha value is -6.14. The zero-order valence-electron chi connectivity index (χ0n) is 53.2. The summed E-state index contributed by atoms with van der Waals surface area (Å²) in [5, 5.41) is 0. The number of allylic oxidation sites excluding steroid dienone is 32. The number of Topliss-reactive ketones (excluding diaryl/α,β-unsaturated/α-hetero) is 2. The van der Waals surface area contributed by atoms with Gasteiger partial charge in [-0.15, -0.1) is 0 Å². The van der Waals surface area contributed by atoms with Crippen LogP contribution in [-0.2, 0) is 28.7 Å². The molecule has 0 radical (unpaired) electrons. The van der Waals surface area contributed by atoms with Crippen LogP contribution in [0.25, 0.3) is 0 Å². The minimum Gasteiger partial charge on any atom is -0.454 e. The Balaban J connectivity index is 1.78. The third-order valence-electron chi connectivity index (χ3n) is 14.9. The maximum atomic E-state index is 13.4. The molecule has 0 aromatic rings. The molecule has 0 aromatic heterocycles. The van der Waals surface area contributed by atoms with Crippen molar-refractivity contribution in [1.29, 1.82) is 0 Å². The maximum Gasteiger partial charge on any atom is 0.306 e. The standard InChI is InChI=1S/C76H108O6/c1-13-15-17-19-21-23-25-27-29-31-33-35-37-39-41-53-71(77)81-69-59-75(9,10)67(65(7)73(69)79)57-55-63(5)51-45-49-61(3)47-43-44-48-62(4)50-46-52-64(6)56-58-68-66(8)74(80)70(60-76(68,11)12)82-72(78)54-42-40-38-36-34-32-30-28-26-24-22-20-18-16-14-2/h15-18,21-24,27-30,43-52,55-58,69-70H,13-14,19-20,25-26,31-42,53-54,59-60H2,1-12H3/b17-15-,18-16-,23-21-,24-22-,29-27-,30-28-,44-43+,49-45+,50-46+,57-55+,58-56+,61-47+,62-48+,63-51+,64-52+/t69-,70-/m0/s1. The molecule has 0 saturated carbocycles. The molecule has 82 heavy (non-hydrogen) atoms. The first-order chi connectivity index (χ1) is 39.3. The van der Waals surface area contributed by atoms with E-state index in [0.29, 0.717) is 36.8 Å². The molecule has 0 saturated heterocycles. The molecule has 0 aliphatic heterocycles. The normalized spacial score (nSPS) is 19.1. The SMILES string of the molecule is CC/C=C\C/C=C\C/C=C\CCCCCCCC(=O)O[C@H]1CC(C)(C)C(/C=C/C(C)=C/C=C/C(C)=C/C=C/C=C(C)/C=C/C=C(C)/C=C/C2=C(C)C(=O)[C@@H](OC(=O)CCCCCCC/C=C\C/C=C\C/C=C\CC)CC2(C)C)=C(C)C1=O. The highest BCUT2D eigenvalue weighted by Crippen LogP contribution is 2.42. The fraction of sp³-hybridized carbons (Fsp3) is 0.500. The van der Waals surface area contributed by atoms with Crippen molar-refractivity contribution in [2.45, 2.75) is 237 Å². The number of hydrogen-bond donors (Lipinski definition) is 0. The van der Waals surface area contributed by atoms with E-state index in [0.717, 1.165) is 149 Å². The zero-order chi connectivity index (χ0) is 60.4. The van der Waals surface area contributed by atoms with Crippen molar-refractivity contribution in [3.05, 3.63) is 203 Å². The fourth-order valence-electron chi connectivity index (χ4n) is 9.97. The lowest BCUT2D eigenvalue weighted by Crippen LogP contribution is -2.39. The molecule has 0 unspecified atom stereocenters. The molecule has 0 fully saturated rings. The summed E-state index contributed by atoms with van der Waals surface area (Å²) in [7, 11) is 0. The minimum atomic E-state index is -0.737. The summed E-state index contributed by atoms with van der Waals surface area (Å²) < 4.78 is 11.6. The van der Waals surface area contributed by atoms with Crippen LogP contribution in [0.4, 0.5) is 0 Å². The summed E-state index contributed by atoms with van der Waals surface area (Å²) in [5.41, 5.74) is 6.96. The van der Waals surface area contributed by atoms with Crippen LogP contribution in [0.1, 0.15) is 224 Å². The van der Waals surface area contributed by atoms with E-state index in [1.807, 2.05) is 76.3 Å². The first-order valence-corrected chi connectivity index (χ1v) is 31.2. The van der Waals surface area contributed by atoms with Gasteiger partial charge in [-0.2, -0.15) is 0 Å². The number of rotatable bonds is 38. The molecule has 2 atom stereocenters. The summed E-state index contributed by atoms with van der Waals surface area (Å²) >= 11 is 0. The van der Waals surface area contributed by atoms with Gasteiger partial charge in [-0.3, -0.25) is 19.2 Å². The Bertz CT molecular complexity index is 2360. The zero-order valence-corrected chi connectivity index (χ0v) is 53.2. The number of ketones is 2. The molecular formula is C76H108O6. The van der Waals surface area contributed by atoms with E-state index in [4.69, 9.17) is 9.47 Å². The van der Waals surface area contributed by atoms with Gasteiger partial charge in [0.1, 0.15) is 0 Å². The number of carbonyl (C=O) groups excluding carboxylic acids is 4. The van der Waals surface area contributed by atoms with Crippen LogP contribution >= 0.6 is 0 Å². The van der Waals surface area contributed by atoms with Gasteiger partial charge in [-0.25, -0.2) is 0 Å². The van der Waals surface area contributed by atoms with Crippen LogP contribution in [0.15, 0.2) is 203 Å². The van der Waals surface area contributed by atoms with Crippen LogP contribution in [0.2, 0.25) is 0 Å². The smallest absolute Gasteiger partial charge is 0.306 e. The quantitative estimate of drug-likeness (QED) is 0.0265. The highest BCUT2D eigenvalue weighted by Gasteiger charge is 2.41. The van der Waals surface area contributed by atoms with Crippen LogP contribution in [0.5, 0.6) is 0 Å². The predicted molar refractivity (Wildman–Crippen MR) is 351 cm³/mol. The van der Waals surface area contributed by atoms with Gasteiger partial charge < -0.3 is 9.47 Å². The van der Waals surface area contributed by atoms with Gasteiger partial charge >= 0.3 is 11.9 Å². The maximum absolute atomic E-state index is 13.4. The second-order valence-electron chi connectivity index (χ2n) is 23.6. The molecule has 0 spiro atoms. The van der Waals surface area contributed by atoms with Gasteiger partial charge in [0.05, 0.1) is 0 Å². The highest BCUT2D eigenvalue weighted by atomic mass is 16.6. The third kappa shape index (κ3) is 31.9. The van der Waals surface area contributed by atoms with Crippen molar-refractivity contribution >= 4 is 23.5 Å². The van der Waals surface area contributed by atoms with E-state index < -0.39 is 12.2 Å². The van der Waals surface area contributed by atoms with E-state index >= 15 is 0 Å². The number of ether oxygens (including phenoxy) is 2. The van der Waals surface area contributed by atoms with E-state index in [1.165, 1.54) is 0 Å². The van der Waals surface area contributed by atoms with E-state index in [1.54, 1.807) is 0 Å². The first-order valence-electron chi connectivity index (χ1n) is 31.2. The van der Waals surface area contributed by atoms with Crippen molar-refractivity contribution in [3.63, 3.8) is 0 Å². The minimum absolute atomic E-state index is 0.0990. The molecule has 0 amide bonds. The predicted octanol–water partition coefficient (Wildman–Crippen LogP) is 21.2. The first kappa shape index (κ1) is 72.0. The Morgan fingerprint density at radius 3 is 1.10 bits per heavy atom. The summed E-state index contributed by atoms with van der Waals surface area (Å²) in [6, 6.07) is 0. The van der Waals surface area contributed by atoms with Crippen LogP contribution in [0.3, 0.4) is 0 Å². The molecule has 0 aromatic carbocycles. The molecule has 6 nitrogen and oxygen atoms in total. The number of unbranched alkanes of at least 4 members (excludes halogenated alkanes) is 10. The van der Waals surface area contributed by atoms with Gasteiger partial charge in [0.2, 0.25) is 0 Å². The van der Waals surface area contributed by atoms with E-state index in [9.17, 15) is 19.2 Å². The highest BCUT2D eigenvalue weighted by molar-refractivity contribution is 6.02. The summed E-state index contributed by atoms with van der Waals surface area (Å²) in [6.45, 7) is 24.7. The summed E-state index contributed by atoms with van der Waals surface area (Å²) in [6.07, 6.45) is 74.2. The van der Waals surface area contributed by atoms with Gasteiger partial charge in [0.25, 0.3) is 0 Å². The van der Waals surface area contributed by atoms with E-state index in [2.05, 4.69) is 165 Å². The lowest BCUT2D eigenvalue weighted by Gasteiger charge is -2.36. The number of carbonyl (C=O) groups is 4. The lowest BCUT2D eigenvalue weighted by atomic mass is 9.71. The van der Waals surface area contributed by atoms with Crippen molar-refractivity contribution in [2.75, 3.05) is 0 Å². The second-order valence-corrected chi connectivity index (χ2v) is 23.6. The molecule has 0 heterocycles. The summed E-state index contributed by atoms with van der Waals surface area (Å²) in [4.78, 5) is 52.4. The van der Waals surface area contributed by atoms with Crippen molar-refractivity contribution in [2.24, 2.45) is 10.8 Å². The largest absolute Gasteiger partial charge is 0.454 e. The van der Waals surface area contributed by atoms with Gasteiger partial charge in [0.15, 0.2) is 23.8 Å². The molecule has 0 bridgehead atoms.